The molecule has 0 radical (unpaired) electrons. The van der Waals surface area contributed by atoms with Crippen LogP contribution in [0.15, 0.2) is 78.9 Å². The van der Waals surface area contributed by atoms with Crippen LogP contribution in [0.5, 0.6) is 17.2 Å². The van der Waals surface area contributed by atoms with E-state index in [9.17, 15) is 14.7 Å². The van der Waals surface area contributed by atoms with Crippen LogP contribution in [0.1, 0.15) is 54.2 Å². The highest BCUT2D eigenvalue weighted by atomic mass is 16.5. The molecule has 5 rings (SSSR count). The van der Waals surface area contributed by atoms with Gasteiger partial charge in [0.1, 0.15) is 17.1 Å². The van der Waals surface area contributed by atoms with E-state index in [2.05, 4.69) is 37.5 Å². The monoisotopic (exact) mass is 550 g/mol. The lowest BCUT2D eigenvalue weighted by Gasteiger charge is -2.23. The van der Waals surface area contributed by atoms with Gasteiger partial charge in [-0.25, -0.2) is 9.59 Å². The molecular weight excluding hydrogens is 516 g/mol. The molecule has 0 bridgehead atoms. The summed E-state index contributed by atoms with van der Waals surface area (Å²) in [5, 5.41) is 15.6. The Balaban J connectivity index is 1.50. The van der Waals surface area contributed by atoms with Gasteiger partial charge in [-0.1, -0.05) is 57.2 Å². The van der Waals surface area contributed by atoms with Crippen LogP contribution < -0.4 is 20.1 Å². The zero-order valence-corrected chi connectivity index (χ0v) is 23.7. The minimum absolute atomic E-state index is 0.0493. The molecule has 0 fully saturated rings. The van der Waals surface area contributed by atoms with Crippen molar-refractivity contribution in [3.05, 3.63) is 101 Å². The Bertz CT molecular complexity index is 1620. The van der Waals surface area contributed by atoms with Crippen LogP contribution in [0.3, 0.4) is 0 Å². The average Bonchev–Trinajstić information content (AvgIpc) is 3.41. The van der Waals surface area contributed by atoms with E-state index in [1.807, 2.05) is 42.5 Å². The lowest BCUT2D eigenvalue weighted by Crippen LogP contribution is -2.20. The number of aryl methyl sites for hydroxylation is 2. The summed E-state index contributed by atoms with van der Waals surface area (Å²) in [6.45, 7) is 6.35. The maximum atomic E-state index is 13.2. The fourth-order valence-corrected chi connectivity index (χ4v) is 5.18. The van der Waals surface area contributed by atoms with Gasteiger partial charge in [0, 0.05) is 11.3 Å². The summed E-state index contributed by atoms with van der Waals surface area (Å²) in [5.74, 6) is 0.329. The molecule has 4 aromatic carbocycles. The van der Waals surface area contributed by atoms with Gasteiger partial charge in [-0.15, -0.1) is 0 Å². The Morgan fingerprint density at radius 3 is 2.22 bits per heavy atom. The first-order valence-electron chi connectivity index (χ1n) is 13.7. The first-order valence-corrected chi connectivity index (χ1v) is 13.7. The van der Waals surface area contributed by atoms with E-state index < -0.39 is 12.0 Å². The van der Waals surface area contributed by atoms with Crippen molar-refractivity contribution in [2.75, 3.05) is 17.7 Å². The molecule has 210 valence electrons. The molecule has 7 nitrogen and oxygen atoms in total. The Kier molecular flexibility index (Phi) is 7.70. The van der Waals surface area contributed by atoms with Gasteiger partial charge in [-0.3, -0.25) is 0 Å². The van der Waals surface area contributed by atoms with Crippen molar-refractivity contribution in [1.82, 2.24) is 0 Å². The van der Waals surface area contributed by atoms with E-state index in [1.165, 1.54) is 18.2 Å². The van der Waals surface area contributed by atoms with E-state index in [1.54, 1.807) is 30.3 Å². The Hall–Kier alpha value is -4.78. The Morgan fingerprint density at radius 1 is 0.780 bits per heavy atom. The van der Waals surface area contributed by atoms with Crippen molar-refractivity contribution < 1.29 is 24.2 Å². The summed E-state index contributed by atoms with van der Waals surface area (Å²) in [6.07, 6.45) is 3.21. The summed E-state index contributed by atoms with van der Waals surface area (Å²) < 4.78 is 11.6. The molecule has 41 heavy (non-hydrogen) atoms. The van der Waals surface area contributed by atoms with Crippen LogP contribution in [-0.2, 0) is 18.3 Å². The molecule has 1 aliphatic carbocycles. The second-order valence-electron chi connectivity index (χ2n) is 11.2. The SMILES string of the molecule is COc1ccc(-c2ccc(Oc3ccccc3C(C)(C)C)c(NC(=O)Nc3ccc4c(c3)CCC4)c2)cc1C(=O)O. The quantitative estimate of drug-likeness (QED) is 0.215. The Labute approximate surface area is 240 Å². The molecule has 0 atom stereocenters. The zero-order valence-electron chi connectivity index (χ0n) is 23.7. The smallest absolute Gasteiger partial charge is 0.339 e. The minimum atomic E-state index is -1.09. The number of carboxylic acid groups (broad SMARTS) is 1. The van der Waals surface area contributed by atoms with Crippen molar-refractivity contribution in [2.24, 2.45) is 0 Å². The predicted octanol–water partition coefficient (Wildman–Crippen LogP) is 8.28. The van der Waals surface area contributed by atoms with Gasteiger partial charge in [0.2, 0.25) is 0 Å². The molecule has 0 aliphatic heterocycles. The van der Waals surface area contributed by atoms with E-state index in [-0.39, 0.29) is 16.7 Å². The number of rotatable bonds is 7. The molecule has 0 aromatic heterocycles. The average molecular weight is 551 g/mol. The molecule has 0 heterocycles. The number of aromatic carboxylic acids is 1. The second kappa shape index (κ2) is 11.4. The number of methoxy groups -OCH3 is 1. The number of para-hydroxylation sites is 1. The largest absolute Gasteiger partial charge is 0.496 e. The standard InChI is InChI=1S/C34H34N2O5/c1-34(2,3)27-10-5-6-11-30(27)41-31-17-14-24(23-13-16-29(40-4)26(19-23)32(37)38)20-28(31)36-33(39)35-25-15-12-21-8-7-9-22(21)18-25/h5-6,10-20H,7-9H2,1-4H3,(H,37,38)(H2,35,36,39). The van der Waals surface area contributed by atoms with Crippen molar-refractivity contribution in [3.63, 3.8) is 0 Å². The summed E-state index contributed by atoms with van der Waals surface area (Å²) >= 11 is 0. The van der Waals surface area contributed by atoms with Gasteiger partial charge in [-0.05, 0) is 89.4 Å². The number of carbonyl (C=O) groups excluding carboxylic acids is 1. The first kappa shape index (κ1) is 27.8. The van der Waals surface area contributed by atoms with Crippen molar-refractivity contribution in [2.45, 2.75) is 45.4 Å². The molecule has 2 amide bonds. The molecule has 0 spiro atoms. The summed E-state index contributed by atoms with van der Waals surface area (Å²) in [6, 6.07) is 23.8. The molecule has 7 heteroatoms. The highest BCUT2D eigenvalue weighted by Gasteiger charge is 2.21. The molecule has 4 aromatic rings. The normalized spacial score (nSPS) is 12.4. The van der Waals surface area contributed by atoms with Crippen LogP contribution in [0.4, 0.5) is 16.2 Å². The number of amides is 2. The van der Waals surface area contributed by atoms with Crippen LogP contribution >= 0.6 is 0 Å². The maximum Gasteiger partial charge on any atom is 0.339 e. The van der Waals surface area contributed by atoms with Gasteiger partial charge >= 0.3 is 12.0 Å². The third-order valence-electron chi connectivity index (χ3n) is 7.26. The summed E-state index contributed by atoms with van der Waals surface area (Å²) in [5.41, 5.74) is 6.04. The Morgan fingerprint density at radius 2 is 1.49 bits per heavy atom. The number of nitrogens with one attached hydrogen (secondary N) is 2. The van der Waals surface area contributed by atoms with Crippen LogP contribution in [0, 0.1) is 0 Å². The van der Waals surface area contributed by atoms with Gasteiger partial charge in [0.15, 0.2) is 5.75 Å². The summed E-state index contributed by atoms with van der Waals surface area (Å²) in [7, 11) is 1.44. The molecule has 1 aliphatic rings. The topological polar surface area (TPSA) is 96.9 Å². The third kappa shape index (κ3) is 6.19. The highest BCUT2D eigenvalue weighted by molar-refractivity contribution is 6.01. The van der Waals surface area contributed by atoms with Crippen LogP contribution in [-0.4, -0.2) is 24.2 Å². The third-order valence-corrected chi connectivity index (χ3v) is 7.26. The van der Waals surface area contributed by atoms with Crippen LogP contribution in [0.25, 0.3) is 11.1 Å². The molecule has 0 saturated carbocycles. The summed E-state index contributed by atoms with van der Waals surface area (Å²) in [4.78, 5) is 25.0. The molecular formula is C34H34N2O5. The number of anilines is 2. The number of hydrogen-bond acceptors (Lipinski definition) is 4. The van der Waals surface area contributed by atoms with Crippen molar-refractivity contribution >= 4 is 23.4 Å². The number of fused-ring (bicyclic) bond motifs is 1. The van der Waals surface area contributed by atoms with Gasteiger partial charge in [0.25, 0.3) is 0 Å². The van der Waals surface area contributed by atoms with Crippen molar-refractivity contribution in [3.8, 4) is 28.4 Å². The number of hydrogen-bond donors (Lipinski definition) is 3. The van der Waals surface area contributed by atoms with E-state index >= 15 is 0 Å². The van der Waals surface area contributed by atoms with Gasteiger partial charge < -0.3 is 25.2 Å². The molecule has 0 saturated heterocycles. The zero-order chi connectivity index (χ0) is 29.1. The predicted molar refractivity (Wildman–Crippen MR) is 162 cm³/mol. The van der Waals surface area contributed by atoms with Crippen LogP contribution in [0.2, 0.25) is 0 Å². The second-order valence-corrected chi connectivity index (χ2v) is 11.2. The van der Waals surface area contributed by atoms with Gasteiger partial charge in [-0.2, -0.15) is 0 Å². The van der Waals surface area contributed by atoms with Gasteiger partial charge in [0.05, 0.1) is 12.8 Å². The number of carbonyl (C=O) groups is 2. The fraction of sp³-hybridized carbons (Fsp3) is 0.235. The first-order chi connectivity index (χ1) is 19.6. The highest BCUT2D eigenvalue weighted by Crippen LogP contribution is 2.39. The number of benzene rings is 4. The van der Waals surface area contributed by atoms with E-state index in [0.717, 1.165) is 30.5 Å². The van der Waals surface area contributed by atoms with E-state index in [0.29, 0.717) is 28.3 Å². The minimum Gasteiger partial charge on any atom is -0.496 e. The molecule has 0 unspecified atom stereocenters. The fourth-order valence-electron chi connectivity index (χ4n) is 5.18. The maximum absolute atomic E-state index is 13.2. The lowest BCUT2D eigenvalue weighted by molar-refractivity contribution is 0.0693. The van der Waals surface area contributed by atoms with Crippen molar-refractivity contribution in [1.29, 1.82) is 0 Å². The lowest BCUT2D eigenvalue weighted by atomic mass is 9.86. The number of urea groups is 1. The van der Waals surface area contributed by atoms with E-state index in [4.69, 9.17) is 9.47 Å². The number of ether oxygens (including phenoxy) is 2. The molecule has 3 N–H and O–H groups in total. The number of carboxylic acids is 1.